The van der Waals surface area contributed by atoms with Crippen molar-refractivity contribution in [3.63, 3.8) is 0 Å². The molecule has 1 aromatic rings. The van der Waals surface area contributed by atoms with Crippen LogP contribution in [0.4, 0.5) is 5.69 Å². The molecule has 0 aliphatic rings. The highest BCUT2D eigenvalue weighted by atomic mass is 35.5. The van der Waals surface area contributed by atoms with Crippen LogP contribution in [-0.4, -0.2) is 0 Å². The monoisotopic (exact) mass is 169 g/mol. The van der Waals surface area contributed by atoms with Gasteiger partial charge in [0.05, 0.1) is 10.7 Å². The van der Waals surface area contributed by atoms with Gasteiger partial charge in [0.15, 0.2) is 0 Å². The topological polar surface area (TPSA) is 26.0 Å². The van der Waals surface area contributed by atoms with E-state index in [2.05, 4.69) is 13.8 Å². The highest BCUT2D eigenvalue weighted by Gasteiger charge is 2.05. The minimum Gasteiger partial charge on any atom is -0.398 e. The number of rotatable bonds is 1. The largest absolute Gasteiger partial charge is 0.398 e. The van der Waals surface area contributed by atoms with Crippen LogP contribution in [0, 0.1) is 0 Å². The Bertz CT molecular complexity index is 256. The van der Waals surface area contributed by atoms with Gasteiger partial charge in [-0.25, -0.2) is 0 Å². The zero-order chi connectivity index (χ0) is 8.43. The van der Waals surface area contributed by atoms with Crippen LogP contribution >= 0.6 is 11.6 Å². The lowest BCUT2D eigenvalue weighted by Gasteiger charge is -2.08. The van der Waals surface area contributed by atoms with Crippen molar-refractivity contribution in [2.75, 3.05) is 5.73 Å². The molecule has 2 heteroatoms. The molecule has 0 atom stereocenters. The van der Waals surface area contributed by atoms with Crippen molar-refractivity contribution in [2.45, 2.75) is 19.8 Å². The number of hydrogen-bond donors (Lipinski definition) is 1. The molecule has 1 nitrogen and oxygen atoms in total. The Morgan fingerprint density at radius 2 is 2.00 bits per heavy atom. The Morgan fingerprint density at radius 3 is 2.45 bits per heavy atom. The minimum absolute atomic E-state index is 0.436. The van der Waals surface area contributed by atoms with Gasteiger partial charge >= 0.3 is 0 Å². The van der Waals surface area contributed by atoms with Crippen molar-refractivity contribution in [3.05, 3.63) is 28.8 Å². The molecule has 0 heterocycles. The van der Waals surface area contributed by atoms with Gasteiger partial charge < -0.3 is 5.73 Å². The van der Waals surface area contributed by atoms with Crippen LogP contribution in [0.15, 0.2) is 18.2 Å². The van der Waals surface area contributed by atoms with Gasteiger partial charge in [-0.1, -0.05) is 37.6 Å². The Hall–Kier alpha value is -0.690. The Morgan fingerprint density at radius 1 is 1.36 bits per heavy atom. The van der Waals surface area contributed by atoms with E-state index in [1.165, 1.54) is 0 Å². The normalized spacial score (nSPS) is 10.5. The lowest BCUT2D eigenvalue weighted by atomic mass is 10.0. The van der Waals surface area contributed by atoms with Crippen molar-refractivity contribution < 1.29 is 0 Å². The Balaban J connectivity index is 3.17. The van der Waals surface area contributed by atoms with E-state index in [0.29, 0.717) is 16.6 Å². The van der Waals surface area contributed by atoms with E-state index in [1.54, 1.807) is 0 Å². The van der Waals surface area contributed by atoms with Gasteiger partial charge in [0, 0.05) is 0 Å². The lowest BCUT2D eigenvalue weighted by molar-refractivity contribution is 0.867. The SMILES string of the molecule is CC(C)c1cccc(N)c1Cl. The van der Waals surface area contributed by atoms with Crippen molar-refractivity contribution in [1.29, 1.82) is 0 Å². The summed E-state index contributed by atoms with van der Waals surface area (Å²) in [6.45, 7) is 4.20. The summed E-state index contributed by atoms with van der Waals surface area (Å²) in [5.74, 6) is 0.436. The van der Waals surface area contributed by atoms with E-state index in [-0.39, 0.29) is 0 Å². The number of nitrogens with two attached hydrogens (primary N) is 1. The van der Waals surface area contributed by atoms with E-state index in [1.807, 2.05) is 18.2 Å². The first-order valence-electron chi connectivity index (χ1n) is 3.67. The molecule has 0 aromatic heterocycles. The molecule has 0 aliphatic heterocycles. The molecule has 0 amide bonds. The minimum atomic E-state index is 0.436. The Labute approximate surface area is 72.2 Å². The summed E-state index contributed by atoms with van der Waals surface area (Å²) in [5.41, 5.74) is 7.41. The fourth-order valence-electron chi connectivity index (χ4n) is 1.01. The fraction of sp³-hybridized carbons (Fsp3) is 0.333. The number of hydrogen-bond acceptors (Lipinski definition) is 1. The number of anilines is 1. The highest BCUT2D eigenvalue weighted by Crippen LogP contribution is 2.28. The van der Waals surface area contributed by atoms with Gasteiger partial charge in [-0.15, -0.1) is 0 Å². The second-order valence-electron chi connectivity index (χ2n) is 2.91. The summed E-state index contributed by atoms with van der Waals surface area (Å²) in [4.78, 5) is 0. The maximum absolute atomic E-state index is 5.96. The maximum Gasteiger partial charge on any atom is 0.0669 e. The van der Waals surface area contributed by atoms with Gasteiger partial charge in [0.1, 0.15) is 0 Å². The summed E-state index contributed by atoms with van der Waals surface area (Å²) in [5, 5.41) is 0.697. The molecule has 0 spiro atoms. The molecule has 0 fully saturated rings. The third kappa shape index (κ3) is 1.66. The van der Waals surface area contributed by atoms with Crippen LogP contribution in [0.1, 0.15) is 25.3 Å². The first kappa shape index (κ1) is 8.41. The second-order valence-corrected chi connectivity index (χ2v) is 3.28. The number of benzene rings is 1. The molecular formula is C9H12ClN. The zero-order valence-corrected chi connectivity index (χ0v) is 7.52. The van der Waals surface area contributed by atoms with Crippen molar-refractivity contribution >= 4 is 17.3 Å². The van der Waals surface area contributed by atoms with E-state index in [9.17, 15) is 0 Å². The molecule has 11 heavy (non-hydrogen) atoms. The van der Waals surface area contributed by atoms with E-state index in [4.69, 9.17) is 17.3 Å². The summed E-state index contributed by atoms with van der Waals surface area (Å²) in [6.07, 6.45) is 0. The molecule has 0 bridgehead atoms. The Kier molecular flexibility index (Phi) is 2.40. The van der Waals surface area contributed by atoms with Crippen molar-refractivity contribution in [1.82, 2.24) is 0 Å². The highest BCUT2D eigenvalue weighted by molar-refractivity contribution is 6.33. The molecule has 0 radical (unpaired) electrons. The van der Waals surface area contributed by atoms with Gasteiger partial charge in [-0.3, -0.25) is 0 Å². The predicted molar refractivity (Wildman–Crippen MR) is 50.0 cm³/mol. The lowest BCUT2D eigenvalue weighted by Crippen LogP contribution is -1.93. The molecule has 2 N–H and O–H groups in total. The third-order valence-corrected chi connectivity index (χ3v) is 2.12. The average molecular weight is 170 g/mol. The molecule has 0 aliphatic carbocycles. The second kappa shape index (κ2) is 3.14. The quantitative estimate of drug-likeness (QED) is 0.643. The van der Waals surface area contributed by atoms with Crippen molar-refractivity contribution in [3.8, 4) is 0 Å². The molecule has 1 aromatic carbocycles. The fourth-order valence-corrected chi connectivity index (χ4v) is 1.36. The first-order chi connectivity index (χ1) is 5.13. The van der Waals surface area contributed by atoms with E-state index >= 15 is 0 Å². The van der Waals surface area contributed by atoms with Crippen LogP contribution in [0.3, 0.4) is 0 Å². The van der Waals surface area contributed by atoms with E-state index < -0.39 is 0 Å². The third-order valence-electron chi connectivity index (χ3n) is 1.68. The van der Waals surface area contributed by atoms with Crippen molar-refractivity contribution in [2.24, 2.45) is 0 Å². The summed E-state index contributed by atoms with van der Waals surface area (Å²) >= 11 is 5.96. The molecular weight excluding hydrogens is 158 g/mol. The predicted octanol–water partition coefficient (Wildman–Crippen LogP) is 3.05. The van der Waals surface area contributed by atoms with E-state index in [0.717, 1.165) is 5.56 Å². The van der Waals surface area contributed by atoms with Crippen LogP contribution in [-0.2, 0) is 0 Å². The van der Waals surface area contributed by atoms with Crippen LogP contribution in [0.25, 0.3) is 0 Å². The average Bonchev–Trinajstić information content (AvgIpc) is 1.94. The molecule has 0 saturated heterocycles. The molecule has 1 rings (SSSR count). The van der Waals surface area contributed by atoms with Crippen LogP contribution in [0.5, 0.6) is 0 Å². The molecule has 0 unspecified atom stereocenters. The van der Waals surface area contributed by atoms with Crippen LogP contribution in [0.2, 0.25) is 5.02 Å². The van der Waals surface area contributed by atoms with Gasteiger partial charge in [0.25, 0.3) is 0 Å². The van der Waals surface area contributed by atoms with Gasteiger partial charge in [0.2, 0.25) is 0 Å². The first-order valence-corrected chi connectivity index (χ1v) is 4.04. The van der Waals surface area contributed by atoms with Gasteiger partial charge in [-0.2, -0.15) is 0 Å². The standard InChI is InChI=1S/C9H12ClN/c1-6(2)7-4-3-5-8(11)9(7)10/h3-6H,11H2,1-2H3. The van der Waals surface area contributed by atoms with Crippen LogP contribution < -0.4 is 5.73 Å². The number of nitrogen functional groups attached to an aromatic ring is 1. The summed E-state index contributed by atoms with van der Waals surface area (Å²) in [7, 11) is 0. The summed E-state index contributed by atoms with van der Waals surface area (Å²) in [6, 6.07) is 5.74. The molecule has 0 saturated carbocycles. The smallest absolute Gasteiger partial charge is 0.0669 e. The number of halogens is 1. The summed E-state index contributed by atoms with van der Waals surface area (Å²) < 4.78 is 0. The maximum atomic E-state index is 5.96. The van der Waals surface area contributed by atoms with Gasteiger partial charge in [-0.05, 0) is 17.5 Å². The zero-order valence-electron chi connectivity index (χ0n) is 6.76. The molecule has 60 valence electrons.